The Balaban J connectivity index is 1.29. The first kappa shape index (κ1) is 37.8. The molecule has 8 heteroatoms. The van der Waals surface area contributed by atoms with Gasteiger partial charge in [-0.25, -0.2) is 0 Å². The second kappa shape index (κ2) is 13.9. The van der Waals surface area contributed by atoms with Crippen LogP contribution in [0.2, 0.25) is 0 Å². The number of benzene rings is 1. The number of nitrogens with zero attached hydrogens (tertiary/aromatic N) is 1. The highest BCUT2D eigenvalue weighted by atomic mass is 16.6. The molecule has 2 aliphatic heterocycles. The van der Waals surface area contributed by atoms with Crippen LogP contribution in [0.25, 0.3) is 0 Å². The third-order valence-corrected chi connectivity index (χ3v) is 15.5. The number of Topliss-reactive ketones (excluding diaryl/α,β-unsaturated/α-hetero) is 1. The molecule has 8 nitrogen and oxygen atoms in total. The van der Waals surface area contributed by atoms with Crippen LogP contribution in [0.5, 0.6) is 0 Å². The number of amides is 1. The van der Waals surface area contributed by atoms with Crippen LogP contribution in [-0.2, 0) is 25.5 Å². The molecule has 4 bridgehead atoms. The summed E-state index contributed by atoms with van der Waals surface area (Å²) in [5.41, 5.74) is -0.698. The van der Waals surface area contributed by atoms with Crippen LogP contribution in [0.4, 0.5) is 0 Å². The number of aliphatic hydroxyl groups is 2. The Labute approximate surface area is 311 Å². The summed E-state index contributed by atoms with van der Waals surface area (Å²) < 4.78 is 12.2. The van der Waals surface area contributed by atoms with Crippen molar-refractivity contribution < 1.29 is 34.1 Å². The molecule has 0 aromatic heterocycles. The van der Waals surface area contributed by atoms with Gasteiger partial charge in [0.05, 0.1) is 29.8 Å². The number of rotatable bonds is 7. The SMILES string of the molecule is CC1=CCC[C@@]2(C)[C@@H](CC[C@@]2(O)CN(C[C@H]2CCCO2)C(=O)[C@@]23CC[C@@](C)(C(=O)O2)C3(C)C)c2ccc(cc2C(=O)C2CCCCC2)C[C@@H](O)CC1. The van der Waals surface area contributed by atoms with Gasteiger partial charge in [0.15, 0.2) is 11.4 Å². The van der Waals surface area contributed by atoms with Crippen molar-refractivity contribution >= 4 is 17.7 Å². The van der Waals surface area contributed by atoms with Gasteiger partial charge in [-0.15, -0.1) is 0 Å². The highest BCUT2D eigenvalue weighted by Gasteiger charge is 2.76. The van der Waals surface area contributed by atoms with Crippen LogP contribution in [-0.4, -0.2) is 75.9 Å². The number of ketones is 1. The van der Waals surface area contributed by atoms with E-state index in [0.29, 0.717) is 58.1 Å². The molecule has 1 aromatic carbocycles. The van der Waals surface area contributed by atoms with E-state index >= 15 is 4.79 Å². The molecule has 7 atom stereocenters. The van der Waals surface area contributed by atoms with E-state index in [0.717, 1.165) is 68.1 Å². The first-order valence-corrected chi connectivity index (χ1v) is 20.5. The largest absolute Gasteiger partial charge is 0.448 e. The van der Waals surface area contributed by atoms with Crippen molar-refractivity contribution in [2.75, 3.05) is 19.7 Å². The van der Waals surface area contributed by atoms with Gasteiger partial charge in [0.2, 0.25) is 0 Å². The van der Waals surface area contributed by atoms with Crippen LogP contribution in [0, 0.1) is 22.2 Å². The fourth-order valence-electron chi connectivity index (χ4n) is 11.3. The summed E-state index contributed by atoms with van der Waals surface area (Å²) in [6.45, 7) is 11.3. The van der Waals surface area contributed by atoms with Gasteiger partial charge in [-0.1, -0.05) is 63.8 Å². The van der Waals surface area contributed by atoms with Crippen molar-refractivity contribution in [1.82, 2.24) is 4.90 Å². The average Bonchev–Trinajstić information content (AvgIpc) is 3.81. The van der Waals surface area contributed by atoms with E-state index in [-0.39, 0.29) is 42.1 Å². The molecule has 286 valence electrons. The monoisotopic (exact) mass is 717 g/mol. The molecule has 5 fully saturated rings. The van der Waals surface area contributed by atoms with E-state index in [1.807, 2.05) is 20.8 Å². The third kappa shape index (κ3) is 6.11. The molecule has 0 radical (unpaired) electrons. The standard InChI is InChI=1S/C44H63NO7/c1-29-11-9-20-41(4)36(34-18-16-30(25-32(46)17-15-29)26-35(34)37(47)31-12-7-6-8-13-31)19-21-43(41,50)28-45(27-33-14-10-24-51-33)38(48)44-23-22-42(5,39(49)52-44)40(44,2)3/h11,16,18,26,31-33,36,46,50H,6-10,12-15,17,19-25,27-28H2,1-5H3/t32-,33+,36-,41-,42-,43+,44+/m0/s1. The summed E-state index contributed by atoms with van der Waals surface area (Å²) in [4.78, 5) is 44.7. The quantitative estimate of drug-likeness (QED) is 0.170. The summed E-state index contributed by atoms with van der Waals surface area (Å²) >= 11 is 0. The van der Waals surface area contributed by atoms with E-state index < -0.39 is 33.6 Å². The van der Waals surface area contributed by atoms with Crippen molar-refractivity contribution in [1.29, 1.82) is 0 Å². The van der Waals surface area contributed by atoms with Crippen molar-refractivity contribution in [2.24, 2.45) is 22.2 Å². The van der Waals surface area contributed by atoms with Gasteiger partial charge >= 0.3 is 5.97 Å². The summed E-state index contributed by atoms with van der Waals surface area (Å²) in [6.07, 6.45) is 14.1. The van der Waals surface area contributed by atoms with Gasteiger partial charge in [-0.3, -0.25) is 14.4 Å². The van der Waals surface area contributed by atoms with Gasteiger partial charge in [0.1, 0.15) is 0 Å². The van der Waals surface area contributed by atoms with Crippen LogP contribution in [0.15, 0.2) is 29.8 Å². The maximum Gasteiger partial charge on any atom is 0.313 e. The minimum atomic E-state index is -1.28. The molecule has 2 saturated heterocycles. The van der Waals surface area contributed by atoms with Crippen LogP contribution in [0.3, 0.4) is 0 Å². The highest BCUT2D eigenvalue weighted by molar-refractivity contribution is 6.00. The number of fused-ring (bicyclic) bond motifs is 10. The minimum Gasteiger partial charge on any atom is -0.448 e. The molecule has 52 heavy (non-hydrogen) atoms. The lowest BCUT2D eigenvalue weighted by Gasteiger charge is -2.48. The van der Waals surface area contributed by atoms with Gasteiger partial charge in [-0.2, -0.15) is 0 Å². The molecule has 1 aromatic rings. The zero-order chi connectivity index (χ0) is 37.1. The van der Waals surface area contributed by atoms with Crippen molar-refractivity contribution in [3.05, 3.63) is 46.5 Å². The van der Waals surface area contributed by atoms with Gasteiger partial charge < -0.3 is 24.6 Å². The Bertz CT molecular complexity index is 1590. The lowest BCUT2D eigenvalue weighted by Crippen LogP contribution is -2.61. The second-order valence-corrected chi connectivity index (χ2v) is 18.6. The average molecular weight is 718 g/mol. The van der Waals surface area contributed by atoms with E-state index in [1.54, 1.807) is 4.90 Å². The summed E-state index contributed by atoms with van der Waals surface area (Å²) in [7, 11) is 0. The zero-order valence-corrected chi connectivity index (χ0v) is 32.4. The number of carbonyl (C=O) groups is 3. The second-order valence-electron chi connectivity index (χ2n) is 18.6. The third-order valence-electron chi connectivity index (χ3n) is 15.5. The lowest BCUT2D eigenvalue weighted by atomic mass is 9.64. The number of hydrogen-bond donors (Lipinski definition) is 2. The normalized spacial score (nSPS) is 37.7. The van der Waals surface area contributed by atoms with Crippen LogP contribution >= 0.6 is 0 Å². The number of allylic oxidation sites excluding steroid dienone is 2. The molecule has 0 unspecified atom stereocenters. The topological polar surface area (TPSA) is 113 Å². The Morgan fingerprint density at radius 1 is 0.942 bits per heavy atom. The fraction of sp³-hybridized carbons (Fsp3) is 0.750. The number of ether oxygens (including phenoxy) is 2. The number of esters is 1. The molecule has 3 saturated carbocycles. The van der Waals surface area contributed by atoms with Gasteiger partial charge in [0.25, 0.3) is 5.91 Å². The number of carbonyl (C=O) groups excluding carboxylic acids is 3. The van der Waals surface area contributed by atoms with Crippen molar-refractivity contribution in [3.63, 3.8) is 0 Å². The smallest absolute Gasteiger partial charge is 0.313 e. The zero-order valence-electron chi connectivity index (χ0n) is 32.4. The summed E-state index contributed by atoms with van der Waals surface area (Å²) in [5, 5.41) is 24.2. The van der Waals surface area contributed by atoms with E-state index in [2.05, 4.69) is 38.1 Å². The molecule has 2 N–H and O–H groups in total. The fourth-order valence-corrected chi connectivity index (χ4v) is 11.3. The molecule has 7 aliphatic rings. The van der Waals surface area contributed by atoms with Crippen molar-refractivity contribution in [2.45, 2.75) is 167 Å². The first-order chi connectivity index (χ1) is 24.6. The van der Waals surface area contributed by atoms with E-state index in [1.165, 1.54) is 12.0 Å². The Kier molecular flexibility index (Phi) is 10.1. The molecule has 1 amide bonds. The van der Waals surface area contributed by atoms with Crippen LogP contribution < -0.4 is 0 Å². The predicted molar refractivity (Wildman–Crippen MR) is 200 cm³/mol. The summed E-state index contributed by atoms with van der Waals surface area (Å²) in [5.74, 6) is -0.424. The van der Waals surface area contributed by atoms with E-state index in [9.17, 15) is 19.8 Å². The maximum atomic E-state index is 15.1. The first-order valence-electron chi connectivity index (χ1n) is 20.5. The van der Waals surface area contributed by atoms with Gasteiger partial charge in [-0.05, 0) is 120 Å². The molecular formula is C44H63NO7. The highest BCUT2D eigenvalue weighted by Crippen LogP contribution is 2.66. The minimum absolute atomic E-state index is 0.00274. The maximum absolute atomic E-state index is 15.1. The molecule has 2 heterocycles. The van der Waals surface area contributed by atoms with Crippen molar-refractivity contribution in [3.8, 4) is 0 Å². The lowest BCUT2D eigenvalue weighted by molar-refractivity contribution is -0.178. The molecule has 5 aliphatic carbocycles. The number of hydrogen-bond acceptors (Lipinski definition) is 7. The Morgan fingerprint density at radius 3 is 2.38 bits per heavy atom. The predicted octanol–water partition coefficient (Wildman–Crippen LogP) is 7.62. The van der Waals surface area contributed by atoms with E-state index in [4.69, 9.17) is 9.47 Å². The number of aliphatic hydroxyl groups excluding tert-OH is 1. The van der Waals surface area contributed by atoms with Gasteiger partial charge in [0, 0.05) is 35.5 Å². The Hall–Kier alpha value is -2.55. The molecular weight excluding hydrogens is 654 g/mol. The van der Waals surface area contributed by atoms with Crippen LogP contribution in [0.1, 0.15) is 158 Å². The summed E-state index contributed by atoms with van der Waals surface area (Å²) in [6, 6.07) is 6.26. The Morgan fingerprint density at radius 2 is 1.71 bits per heavy atom. The molecule has 8 rings (SSSR count). The molecule has 0 spiro atoms.